The van der Waals surface area contributed by atoms with E-state index < -0.39 is 0 Å². The van der Waals surface area contributed by atoms with Crippen molar-refractivity contribution in [2.45, 2.75) is 32.4 Å². The van der Waals surface area contributed by atoms with Crippen LogP contribution < -0.4 is 10.6 Å². The number of carbonyl (C=O) groups excluding carboxylic acids is 1. The Balaban J connectivity index is 0.00000180. The van der Waals surface area contributed by atoms with Gasteiger partial charge in [-0.25, -0.2) is 4.98 Å². The van der Waals surface area contributed by atoms with Crippen molar-refractivity contribution < 1.29 is 9.53 Å². The van der Waals surface area contributed by atoms with Crippen LogP contribution in [0.3, 0.4) is 0 Å². The van der Waals surface area contributed by atoms with Crippen LogP contribution in [0.15, 0.2) is 12.3 Å². The molecule has 1 aliphatic heterocycles. The molecule has 114 valence electrons. The summed E-state index contributed by atoms with van der Waals surface area (Å²) in [5.74, 6) is 0.686. The van der Waals surface area contributed by atoms with Gasteiger partial charge in [-0.05, 0) is 31.4 Å². The number of ether oxygens (including phenoxy) is 1. The average molecular weight is 322 g/mol. The minimum Gasteiger partial charge on any atom is -0.468 e. The van der Waals surface area contributed by atoms with E-state index in [0.29, 0.717) is 0 Å². The molecule has 1 saturated heterocycles. The van der Waals surface area contributed by atoms with Gasteiger partial charge in [-0.15, -0.1) is 24.8 Å². The molecule has 0 unspecified atom stereocenters. The Morgan fingerprint density at radius 2 is 2.15 bits per heavy atom. The first-order valence-corrected chi connectivity index (χ1v) is 6.11. The summed E-state index contributed by atoms with van der Waals surface area (Å²) in [6.07, 6.45) is 2.57. The predicted molar refractivity (Wildman–Crippen MR) is 84.0 cm³/mol. The van der Waals surface area contributed by atoms with E-state index in [1.54, 1.807) is 0 Å². The number of hydrogen-bond acceptors (Lipinski definition) is 5. The largest absolute Gasteiger partial charge is 0.468 e. The highest BCUT2D eigenvalue weighted by atomic mass is 35.5. The van der Waals surface area contributed by atoms with Crippen molar-refractivity contribution in [1.29, 1.82) is 0 Å². The first-order valence-electron chi connectivity index (χ1n) is 6.11. The highest BCUT2D eigenvalue weighted by Crippen LogP contribution is 2.17. The van der Waals surface area contributed by atoms with E-state index >= 15 is 0 Å². The van der Waals surface area contributed by atoms with Crippen LogP contribution in [0.1, 0.15) is 17.5 Å². The first kappa shape index (κ1) is 19.0. The van der Waals surface area contributed by atoms with Crippen LogP contribution in [-0.2, 0) is 9.53 Å². The van der Waals surface area contributed by atoms with Crippen LogP contribution in [-0.4, -0.2) is 36.7 Å². The SMILES string of the molecule is COC(=O)[C@@H]1C[C@H](Nc2ncc(C)cc2C)CN1.Cl.Cl. The molecular formula is C13H21Cl2N3O2. The van der Waals surface area contributed by atoms with Gasteiger partial charge in [0.2, 0.25) is 0 Å². The van der Waals surface area contributed by atoms with E-state index in [2.05, 4.69) is 21.7 Å². The van der Waals surface area contributed by atoms with Crippen LogP contribution in [0.5, 0.6) is 0 Å². The summed E-state index contributed by atoms with van der Waals surface area (Å²) in [6.45, 7) is 4.80. The van der Waals surface area contributed by atoms with Gasteiger partial charge in [0.15, 0.2) is 0 Å². The van der Waals surface area contributed by atoms with Crippen LogP contribution in [0.25, 0.3) is 0 Å². The number of pyridine rings is 1. The number of aromatic nitrogens is 1. The van der Waals surface area contributed by atoms with Gasteiger partial charge in [0.1, 0.15) is 11.9 Å². The highest BCUT2D eigenvalue weighted by Gasteiger charge is 2.30. The number of aryl methyl sites for hydroxylation is 2. The summed E-state index contributed by atoms with van der Waals surface area (Å²) in [7, 11) is 1.41. The van der Waals surface area contributed by atoms with E-state index in [1.807, 2.05) is 20.0 Å². The van der Waals surface area contributed by atoms with Gasteiger partial charge >= 0.3 is 5.97 Å². The maximum absolute atomic E-state index is 11.4. The summed E-state index contributed by atoms with van der Waals surface area (Å²) in [5, 5.41) is 6.51. The lowest BCUT2D eigenvalue weighted by molar-refractivity contribution is -0.142. The molecule has 0 radical (unpaired) electrons. The van der Waals surface area contributed by atoms with Gasteiger partial charge in [0, 0.05) is 18.8 Å². The topological polar surface area (TPSA) is 63.2 Å². The van der Waals surface area contributed by atoms with Crippen LogP contribution in [0.2, 0.25) is 0 Å². The molecular weight excluding hydrogens is 301 g/mol. The number of halogens is 2. The predicted octanol–water partition coefficient (Wildman–Crippen LogP) is 1.86. The summed E-state index contributed by atoms with van der Waals surface area (Å²) in [4.78, 5) is 15.8. The molecule has 2 N–H and O–H groups in total. The van der Waals surface area contributed by atoms with E-state index in [0.717, 1.165) is 29.9 Å². The third-order valence-corrected chi connectivity index (χ3v) is 3.17. The molecule has 2 rings (SSSR count). The summed E-state index contributed by atoms with van der Waals surface area (Å²) in [6, 6.07) is 2.09. The van der Waals surface area contributed by atoms with Crippen molar-refractivity contribution in [3.8, 4) is 0 Å². The number of hydrogen-bond donors (Lipinski definition) is 2. The molecule has 2 atom stereocenters. The normalized spacial score (nSPS) is 20.6. The zero-order valence-corrected chi connectivity index (χ0v) is 13.4. The van der Waals surface area contributed by atoms with Gasteiger partial charge in [0.25, 0.3) is 0 Å². The van der Waals surface area contributed by atoms with Crippen molar-refractivity contribution in [3.05, 3.63) is 23.4 Å². The van der Waals surface area contributed by atoms with Gasteiger partial charge in [0.05, 0.1) is 7.11 Å². The fourth-order valence-electron chi connectivity index (χ4n) is 2.23. The van der Waals surface area contributed by atoms with E-state index in [1.165, 1.54) is 7.11 Å². The molecule has 2 heterocycles. The first-order chi connectivity index (χ1) is 8.60. The molecule has 0 bridgehead atoms. The number of esters is 1. The van der Waals surface area contributed by atoms with Gasteiger partial charge in [-0.2, -0.15) is 0 Å². The fraction of sp³-hybridized carbons (Fsp3) is 0.538. The summed E-state index contributed by atoms with van der Waals surface area (Å²) < 4.78 is 4.73. The Kier molecular flexibility index (Phi) is 7.86. The standard InChI is InChI=1S/C13H19N3O2.2ClH/c1-8-4-9(2)12(15-6-8)16-10-5-11(14-7-10)13(17)18-3;;/h4,6,10-11,14H,5,7H2,1-3H3,(H,15,16);2*1H/t10-,11-;;/m0../s1. The maximum Gasteiger partial charge on any atom is 0.322 e. The Morgan fingerprint density at radius 1 is 1.45 bits per heavy atom. The van der Waals surface area contributed by atoms with E-state index in [4.69, 9.17) is 4.74 Å². The minimum absolute atomic E-state index is 0. The Morgan fingerprint density at radius 3 is 2.75 bits per heavy atom. The number of nitrogens with zero attached hydrogens (tertiary/aromatic N) is 1. The van der Waals surface area contributed by atoms with Gasteiger partial charge in [-0.1, -0.05) is 6.07 Å². The molecule has 1 fully saturated rings. The second-order valence-corrected chi connectivity index (χ2v) is 4.74. The second-order valence-electron chi connectivity index (χ2n) is 4.74. The lowest BCUT2D eigenvalue weighted by Crippen LogP contribution is -2.31. The Hall–Kier alpha value is -1.04. The van der Waals surface area contributed by atoms with Crippen molar-refractivity contribution in [3.63, 3.8) is 0 Å². The highest BCUT2D eigenvalue weighted by molar-refractivity contribution is 5.85. The molecule has 1 aromatic heterocycles. The third kappa shape index (κ3) is 4.51. The van der Waals surface area contributed by atoms with E-state index in [9.17, 15) is 4.79 Å². The molecule has 20 heavy (non-hydrogen) atoms. The molecule has 0 saturated carbocycles. The molecule has 1 aliphatic rings. The zero-order valence-electron chi connectivity index (χ0n) is 11.8. The van der Waals surface area contributed by atoms with Gasteiger partial charge in [-0.3, -0.25) is 4.79 Å². The molecule has 1 aromatic rings. The fourth-order valence-corrected chi connectivity index (χ4v) is 2.23. The van der Waals surface area contributed by atoms with Crippen LogP contribution >= 0.6 is 24.8 Å². The van der Waals surface area contributed by atoms with E-state index in [-0.39, 0.29) is 42.9 Å². The lowest BCUT2D eigenvalue weighted by atomic mass is 10.1. The van der Waals surface area contributed by atoms with Gasteiger partial charge < -0.3 is 15.4 Å². The Bertz CT molecular complexity index is 457. The molecule has 5 nitrogen and oxygen atoms in total. The molecule has 0 spiro atoms. The number of nitrogens with one attached hydrogen (secondary N) is 2. The smallest absolute Gasteiger partial charge is 0.322 e. The minimum atomic E-state index is -0.210. The lowest BCUT2D eigenvalue weighted by Gasteiger charge is -2.14. The van der Waals surface area contributed by atoms with Crippen LogP contribution in [0.4, 0.5) is 5.82 Å². The maximum atomic E-state index is 11.4. The monoisotopic (exact) mass is 321 g/mol. The second kappa shape index (κ2) is 8.29. The zero-order chi connectivity index (χ0) is 13.1. The van der Waals surface area contributed by atoms with Crippen molar-refractivity contribution >= 4 is 36.6 Å². The van der Waals surface area contributed by atoms with Crippen molar-refractivity contribution in [1.82, 2.24) is 10.3 Å². The number of anilines is 1. The Labute approximate surface area is 131 Å². The quantitative estimate of drug-likeness (QED) is 0.832. The number of methoxy groups -OCH3 is 1. The van der Waals surface area contributed by atoms with Crippen molar-refractivity contribution in [2.75, 3.05) is 19.0 Å². The third-order valence-electron chi connectivity index (χ3n) is 3.17. The molecule has 0 aromatic carbocycles. The molecule has 0 amide bonds. The average Bonchev–Trinajstić information content (AvgIpc) is 2.80. The molecule has 7 heteroatoms. The number of carbonyl (C=O) groups is 1. The van der Waals surface area contributed by atoms with Crippen molar-refractivity contribution in [2.24, 2.45) is 0 Å². The van der Waals surface area contributed by atoms with Crippen LogP contribution in [0, 0.1) is 13.8 Å². The molecule has 0 aliphatic carbocycles. The summed E-state index contributed by atoms with van der Waals surface area (Å²) >= 11 is 0. The summed E-state index contributed by atoms with van der Waals surface area (Å²) in [5.41, 5.74) is 2.27. The number of rotatable bonds is 3.